The molecule has 0 unspecified atom stereocenters. The van der Waals surface area contributed by atoms with Crippen LogP contribution in [0.4, 0.5) is 11.4 Å². The van der Waals surface area contributed by atoms with Gasteiger partial charge in [0.15, 0.2) is 0 Å². The van der Waals surface area contributed by atoms with Crippen molar-refractivity contribution in [2.75, 3.05) is 63.2 Å². The largest absolute Gasteiger partial charge is 0.478 e. The maximum atomic E-state index is 12.7. The highest BCUT2D eigenvalue weighted by Gasteiger charge is 2.22. The van der Waals surface area contributed by atoms with E-state index in [-0.39, 0.29) is 23.1 Å². The van der Waals surface area contributed by atoms with Gasteiger partial charge in [-0.1, -0.05) is 18.2 Å². The van der Waals surface area contributed by atoms with Gasteiger partial charge in [0.2, 0.25) is 5.91 Å². The molecule has 0 radical (unpaired) electrons. The molecule has 9 heteroatoms. The number of piperazine rings is 1. The van der Waals surface area contributed by atoms with E-state index < -0.39 is 5.97 Å². The summed E-state index contributed by atoms with van der Waals surface area (Å²) < 4.78 is 4.98. The number of carboxylic acid groups (broad SMARTS) is 1. The van der Waals surface area contributed by atoms with Crippen LogP contribution in [0, 0.1) is 6.92 Å². The number of methoxy groups -OCH3 is 1. The minimum absolute atomic E-state index is 0.00790. The molecular formula is C25H32N4O5. The number of nitrogens with one attached hydrogen (secondary N) is 2. The van der Waals surface area contributed by atoms with E-state index in [1.54, 1.807) is 31.4 Å². The maximum absolute atomic E-state index is 12.7. The van der Waals surface area contributed by atoms with Crippen LogP contribution in [-0.2, 0) is 9.53 Å². The first-order valence-electron chi connectivity index (χ1n) is 11.4. The van der Waals surface area contributed by atoms with Gasteiger partial charge in [-0.25, -0.2) is 4.79 Å². The molecule has 9 nitrogen and oxygen atoms in total. The predicted octanol–water partition coefficient (Wildman–Crippen LogP) is 2.22. The lowest BCUT2D eigenvalue weighted by molar-refractivity contribution is -0.122. The molecule has 1 heterocycles. The fourth-order valence-corrected chi connectivity index (χ4v) is 3.90. The maximum Gasteiger partial charge on any atom is 0.337 e. The SMILES string of the molecule is COCCCNC(=O)CN1CCN(c2ccc(NC(=O)c3ccccc3C)c(C(=O)O)c2)CC1. The highest BCUT2D eigenvalue weighted by Crippen LogP contribution is 2.25. The second kappa shape index (κ2) is 12.2. The van der Waals surface area contributed by atoms with Crippen LogP contribution in [0.2, 0.25) is 0 Å². The molecule has 2 aromatic carbocycles. The number of aromatic carboxylic acids is 1. The van der Waals surface area contributed by atoms with Crippen LogP contribution >= 0.6 is 0 Å². The summed E-state index contributed by atoms with van der Waals surface area (Å²) in [5, 5.41) is 15.4. The van der Waals surface area contributed by atoms with Gasteiger partial charge >= 0.3 is 5.97 Å². The van der Waals surface area contributed by atoms with E-state index in [1.807, 2.05) is 25.1 Å². The molecule has 1 saturated heterocycles. The third kappa shape index (κ3) is 6.79. The van der Waals surface area contributed by atoms with E-state index in [2.05, 4.69) is 20.4 Å². The third-order valence-corrected chi connectivity index (χ3v) is 5.82. The minimum atomic E-state index is -1.11. The Morgan fingerprint density at radius 1 is 1.03 bits per heavy atom. The number of hydrogen-bond donors (Lipinski definition) is 3. The summed E-state index contributed by atoms with van der Waals surface area (Å²) in [4.78, 5) is 40.8. The van der Waals surface area contributed by atoms with Crippen molar-refractivity contribution in [1.29, 1.82) is 0 Å². The summed E-state index contributed by atoms with van der Waals surface area (Å²) in [5.74, 6) is -1.46. The zero-order valence-electron chi connectivity index (χ0n) is 19.7. The zero-order chi connectivity index (χ0) is 24.5. The Balaban J connectivity index is 1.59. The van der Waals surface area contributed by atoms with E-state index in [4.69, 9.17) is 4.74 Å². The third-order valence-electron chi connectivity index (χ3n) is 5.82. The first kappa shape index (κ1) is 25.2. The molecule has 0 atom stereocenters. The van der Waals surface area contributed by atoms with Crippen LogP contribution in [-0.4, -0.2) is 80.8 Å². The number of nitrogens with zero attached hydrogens (tertiary/aromatic N) is 2. The van der Waals surface area contributed by atoms with Crippen molar-refractivity contribution >= 4 is 29.2 Å². The lowest BCUT2D eigenvalue weighted by atomic mass is 10.1. The van der Waals surface area contributed by atoms with Gasteiger partial charge in [0.1, 0.15) is 0 Å². The van der Waals surface area contributed by atoms with Crippen molar-refractivity contribution in [2.24, 2.45) is 0 Å². The van der Waals surface area contributed by atoms with Gasteiger partial charge in [-0.2, -0.15) is 0 Å². The smallest absolute Gasteiger partial charge is 0.337 e. The Bertz CT molecular complexity index is 1020. The van der Waals surface area contributed by atoms with Gasteiger partial charge < -0.3 is 25.4 Å². The van der Waals surface area contributed by atoms with E-state index >= 15 is 0 Å². The van der Waals surface area contributed by atoms with Gasteiger partial charge in [0.05, 0.1) is 17.8 Å². The van der Waals surface area contributed by atoms with Crippen LogP contribution in [0.3, 0.4) is 0 Å². The average Bonchev–Trinajstić information content (AvgIpc) is 2.83. The average molecular weight is 469 g/mol. The summed E-state index contributed by atoms with van der Waals surface area (Å²) in [6, 6.07) is 12.2. The van der Waals surface area contributed by atoms with Crippen molar-refractivity contribution in [3.8, 4) is 0 Å². The fraction of sp³-hybridized carbons (Fsp3) is 0.400. The van der Waals surface area contributed by atoms with Gasteiger partial charge in [-0.15, -0.1) is 0 Å². The van der Waals surface area contributed by atoms with Crippen molar-refractivity contribution in [1.82, 2.24) is 10.2 Å². The normalized spacial score (nSPS) is 14.0. The topological polar surface area (TPSA) is 111 Å². The molecule has 34 heavy (non-hydrogen) atoms. The van der Waals surface area contributed by atoms with Crippen LogP contribution in [0.15, 0.2) is 42.5 Å². The Labute approximate surface area is 199 Å². The summed E-state index contributed by atoms with van der Waals surface area (Å²) in [5.41, 5.74) is 2.39. The van der Waals surface area contributed by atoms with Gasteiger partial charge in [-0.05, 0) is 43.2 Å². The second-order valence-electron chi connectivity index (χ2n) is 8.26. The van der Waals surface area contributed by atoms with Crippen molar-refractivity contribution in [3.05, 3.63) is 59.2 Å². The lowest BCUT2D eigenvalue weighted by Gasteiger charge is -2.36. The predicted molar refractivity (Wildman–Crippen MR) is 131 cm³/mol. The van der Waals surface area contributed by atoms with Crippen LogP contribution < -0.4 is 15.5 Å². The molecule has 1 aliphatic rings. The summed E-state index contributed by atoms with van der Waals surface area (Å²) >= 11 is 0. The summed E-state index contributed by atoms with van der Waals surface area (Å²) in [7, 11) is 1.63. The molecule has 0 aliphatic carbocycles. The fourth-order valence-electron chi connectivity index (χ4n) is 3.90. The van der Waals surface area contributed by atoms with E-state index in [9.17, 15) is 19.5 Å². The van der Waals surface area contributed by atoms with Crippen molar-refractivity contribution < 1.29 is 24.2 Å². The highest BCUT2D eigenvalue weighted by atomic mass is 16.5. The van der Waals surface area contributed by atoms with Crippen molar-refractivity contribution in [3.63, 3.8) is 0 Å². The van der Waals surface area contributed by atoms with Crippen LogP contribution in [0.1, 0.15) is 32.7 Å². The zero-order valence-corrected chi connectivity index (χ0v) is 19.7. The number of aryl methyl sites for hydroxylation is 1. The molecule has 2 aromatic rings. The van der Waals surface area contributed by atoms with E-state index in [0.29, 0.717) is 51.4 Å². The lowest BCUT2D eigenvalue weighted by Crippen LogP contribution is -2.49. The Morgan fingerprint density at radius 2 is 1.76 bits per heavy atom. The minimum Gasteiger partial charge on any atom is -0.478 e. The monoisotopic (exact) mass is 468 g/mol. The first-order valence-corrected chi connectivity index (χ1v) is 11.4. The van der Waals surface area contributed by atoms with Gasteiger partial charge in [0.25, 0.3) is 5.91 Å². The Hall–Kier alpha value is -3.43. The molecular weight excluding hydrogens is 436 g/mol. The number of carboxylic acids is 1. The molecule has 0 spiro atoms. The van der Waals surface area contributed by atoms with Crippen molar-refractivity contribution in [2.45, 2.75) is 13.3 Å². The van der Waals surface area contributed by atoms with Gasteiger partial charge in [-0.3, -0.25) is 14.5 Å². The number of amides is 2. The Kier molecular flexibility index (Phi) is 9.00. The number of hydrogen-bond acceptors (Lipinski definition) is 6. The number of carbonyl (C=O) groups excluding carboxylic acids is 2. The molecule has 0 aromatic heterocycles. The summed E-state index contributed by atoms with van der Waals surface area (Å²) in [6.45, 7) is 6.12. The van der Waals surface area contributed by atoms with Crippen LogP contribution in [0.5, 0.6) is 0 Å². The molecule has 2 amide bonds. The molecule has 1 aliphatic heterocycles. The number of anilines is 2. The van der Waals surface area contributed by atoms with E-state index in [1.165, 1.54) is 0 Å². The molecule has 182 valence electrons. The molecule has 0 bridgehead atoms. The quantitative estimate of drug-likeness (QED) is 0.459. The van der Waals surface area contributed by atoms with E-state index in [0.717, 1.165) is 17.7 Å². The second-order valence-corrected chi connectivity index (χ2v) is 8.26. The number of benzene rings is 2. The number of ether oxygens (including phenoxy) is 1. The standard InChI is InChI=1S/C25H32N4O5/c1-18-6-3-4-7-20(18)24(31)27-22-9-8-19(16-21(22)25(32)33)29-13-11-28(12-14-29)17-23(30)26-10-5-15-34-2/h3-4,6-9,16H,5,10-15,17H2,1-2H3,(H,26,30)(H,27,31)(H,32,33). The molecule has 3 N–H and O–H groups in total. The first-order chi connectivity index (χ1) is 16.4. The Morgan fingerprint density at radius 3 is 2.44 bits per heavy atom. The highest BCUT2D eigenvalue weighted by molar-refractivity contribution is 6.08. The molecule has 1 fully saturated rings. The number of carbonyl (C=O) groups is 3. The molecule has 3 rings (SSSR count). The van der Waals surface area contributed by atoms with Crippen LogP contribution in [0.25, 0.3) is 0 Å². The van der Waals surface area contributed by atoms with Gasteiger partial charge in [0, 0.05) is 57.7 Å². The summed E-state index contributed by atoms with van der Waals surface area (Å²) in [6.07, 6.45) is 0.781. The molecule has 0 saturated carbocycles. The number of rotatable bonds is 10.